The monoisotopic (exact) mass is 276 g/mol. The Labute approximate surface area is 116 Å². The molecule has 2 aromatic rings. The van der Waals surface area contributed by atoms with Crippen LogP contribution in [-0.4, -0.2) is 44.4 Å². The van der Waals surface area contributed by atoms with Crippen molar-refractivity contribution in [1.82, 2.24) is 24.7 Å². The second-order valence-corrected chi connectivity index (χ2v) is 4.37. The SMILES string of the molecule is COC(=O)c1cnc(NC[C@H](C)c2nncn2C)nc1. The van der Waals surface area contributed by atoms with Gasteiger partial charge in [-0.05, 0) is 0 Å². The molecule has 2 aromatic heterocycles. The minimum atomic E-state index is -0.455. The Morgan fingerprint density at radius 2 is 2.15 bits per heavy atom. The number of rotatable bonds is 5. The van der Waals surface area contributed by atoms with E-state index >= 15 is 0 Å². The number of anilines is 1. The first-order valence-electron chi connectivity index (χ1n) is 6.10. The van der Waals surface area contributed by atoms with E-state index in [1.54, 1.807) is 6.33 Å². The summed E-state index contributed by atoms with van der Waals surface area (Å²) in [6.07, 6.45) is 4.51. The van der Waals surface area contributed by atoms with Crippen molar-refractivity contribution in [3.8, 4) is 0 Å². The van der Waals surface area contributed by atoms with Crippen molar-refractivity contribution in [3.63, 3.8) is 0 Å². The van der Waals surface area contributed by atoms with Gasteiger partial charge in [0, 0.05) is 31.9 Å². The molecule has 0 aliphatic carbocycles. The largest absolute Gasteiger partial charge is 0.465 e. The molecule has 2 heterocycles. The van der Waals surface area contributed by atoms with Crippen molar-refractivity contribution < 1.29 is 9.53 Å². The van der Waals surface area contributed by atoms with E-state index in [0.717, 1.165) is 5.82 Å². The van der Waals surface area contributed by atoms with Gasteiger partial charge >= 0.3 is 5.97 Å². The first-order chi connectivity index (χ1) is 9.61. The number of carbonyl (C=O) groups excluding carboxylic acids is 1. The molecule has 0 radical (unpaired) electrons. The number of nitrogens with one attached hydrogen (secondary N) is 1. The Bertz CT molecular complexity index is 580. The van der Waals surface area contributed by atoms with Crippen LogP contribution < -0.4 is 5.32 Å². The molecule has 2 rings (SSSR count). The lowest BCUT2D eigenvalue weighted by Gasteiger charge is -2.11. The van der Waals surface area contributed by atoms with Gasteiger partial charge in [-0.2, -0.15) is 0 Å². The normalized spacial score (nSPS) is 11.9. The van der Waals surface area contributed by atoms with Gasteiger partial charge in [0.1, 0.15) is 12.2 Å². The summed E-state index contributed by atoms with van der Waals surface area (Å²) >= 11 is 0. The summed E-state index contributed by atoms with van der Waals surface area (Å²) < 4.78 is 6.45. The number of esters is 1. The van der Waals surface area contributed by atoms with Crippen molar-refractivity contribution in [2.75, 3.05) is 19.0 Å². The zero-order valence-corrected chi connectivity index (χ0v) is 11.6. The van der Waals surface area contributed by atoms with Crippen LogP contribution in [0.15, 0.2) is 18.7 Å². The lowest BCUT2D eigenvalue weighted by molar-refractivity contribution is 0.0600. The smallest absolute Gasteiger partial charge is 0.341 e. The third-order valence-electron chi connectivity index (χ3n) is 2.83. The Morgan fingerprint density at radius 3 is 2.70 bits per heavy atom. The molecule has 0 bridgehead atoms. The van der Waals surface area contributed by atoms with Crippen LogP contribution in [0.4, 0.5) is 5.95 Å². The van der Waals surface area contributed by atoms with Gasteiger partial charge in [-0.3, -0.25) is 0 Å². The molecule has 106 valence electrons. The van der Waals surface area contributed by atoms with Crippen molar-refractivity contribution in [2.45, 2.75) is 12.8 Å². The summed E-state index contributed by atoms with van der Waals surface area (Å²) in [5.74, 6) is 1.03. The van der Waals surface area contributed by atoms with Gasteiger partial charge in [-0.15, -0.1) is 10.2 Å². The van der Waals surface area contributed by atoms with Crippen molar-refractivity contribution >= 4 is 11.9 Å². The van der Waals surface area contributed by atoms with Crippen LogP contribution in [0.3, 0.4) is 0 Å². The molecular weight excluding hydrogens is 260 g/mol. The highest BCUT2D eigenvalue weighted by atomic mass is 16.5. The maximum Gasteiger partial charge on any atom is 0.341 e. The molecule has 0 amide bonds. The summed E-state index contributed by atoms with van der Waals surface area (Å²) in [7, 11) is 3.21. The quantitative estimate of drug-likeness (QED) is 0.799. The molecule has 0 saturated heterocycles. The zero-order chi connectivity index (χ0) is 14.5. The number of aromatic nitrogens is 5. The topological polar surface area (TPSA) is 94.8 Å². The maximum atomic E-state index is 11.2. The first kappa shape index (κ1) is 13.9. The molecule has 8 nitrogen and oxygen atoms in total. The number of aryl methyl sites for hydroxylation is 1. The van der Waals surface area contributed by atoms with E-state index in [1.165, 1.54) is 19.5 Å². The highest BCUT2D eigenvalue weighted by molar-refractivity contribution is 5.88. The average molecular weight is 276 g/mol. The second-order valence-electron chi connectivity index (χ2n) is 4.37. The lowest BCUT2D eigenvalue weighted by atomic mass is 10.1. The zero-order valence-electron chi connectivity index (χ0n) is 11.6. The Hall–Kier alpha value is -2.51. The first-order valence-corrected chi connectivity index (χ1v) is 6.10. The molecular formula is C12H16N6O2. The van der Waals surface area contributed by atoms with Crippen molar-refractivity contribution in [2.24, 2.45) is 7.05 Å². The lowest BCUT2D eigenvalue weighted by Crippen LogP contribution is -2.15. The Morgan fingerprint density at radius 1 is 1.45 bits per heavy atom. The van der Waals surface area contributed by atoms with E-state index in [0.29, 0.717) is 18.1 Å². The van der Waals surface area contributed by atoms with Crippen LogP contribution in [0.25, 0.3) is 0 Å². The molecule has 0 fully saturated rings. The van der Waals surface area contributed by atoms with E-state index in [9.17, 15) is 4.79 Å². The highest BCUT2D eigenvalue weighted by Gasteiger charge is 2.12. The predicted molar refractivity (Wildman–Crippen MR) is 71.3 cm³/mol. The highest BCUT2D eigenvalue weighted by Crippen LogP contribution is 2.11. The predicted octanol–water partition coefficient (Wildman–Crippen LogP) is 0.607. The minimum absolute atomic E-state index is 0.159. The fourth-order valence-electron chi connectivity index (χ4n) is 1.72. The van der Waals surface area contributed by atoms with E-state index in [1.807, 2.05) is 18.5 Å². The van der Waals surface area contributed by atoms with Crippen molar-refractivity contribution in [3.05, 3.63) is 30.1 Å². The number of ether oxygens (including phenoxy) is 1. The summed E-state index contributed by atoms with van der Waals surface area (Å²) in [6.45, 7) is 2.64. The molecule has 20 heavy (non-hydrogen) atoms. The Balaban J connectivity index is 1.94. The summed E-state index contributed by atoms with van der Waals surface area (Å²) in [5.41, 5.74) is 0.319. The van der Waals surface area contributed by atoms with Gasteiger partial charge in [0.25, 0.3) is 0 Å². The number of hydrogen-bond acceptors (Lipinski definition) is 7. The van der Waals surface area contributed by atoms with Crippen LogP contribution >= 0.6 is 0 Å². The third kappa shape index (κ3) is 3.08. The minimum Gasteiger partial charge on any atom is -0.465 e. The van der Waals surface area contributed by atoms with Crippen LogP contribution in [0.2, 0.25) is 0 Å². The molecule has 0 saturated carbocycles. The molecule has 8 heteroatoms. The molecule has 1 N–H and O–H groups in total. The van der Waals surface area contributed by atoms with Gasteiger partial charge in [-0.1, -0.05) is 6.92 Å². The molecule has 0 spiro atoms. The van der Waals surface area contributed by atoms with Crippen LogP contribution in [0, 0.1) is 0 Å². The van der Waals surface area contributed by atoms with Gasteiger partial charge in [0.05, 0.1) is 12.7 Å². The fraction of sp³-hybridized carbons (Fsp3) is 0.417. The number of carbonyl (C=O) groups is 1. The van der Waals surface area contributed by atoms with E-state index in [-0.39, 0.29) is 5.92 Å². The summed E-state index contributed by atoms with van der Waals surface area (Å²) in [6, 6.07) is 0. The Kier molecular flexibility index (Phi) is 4.24. The summed E-state index contributed by atoms with van der Waals surface area (Å²) in [4.78, 5) is 19.4. The van der Waals surface area contributed by atoms with Crippen LogP contribution in [0.1, 0.15) is 29.0 Å². The van der Waals surface area contributed by atoms with Crippen LogP contribution in [-0.2, 0) is 11.8 Å². The van der Waals surface area contributed by atoms with Crippen molar-refractivity contribution in [1.29, 1.82) is 0 Å². The fourth-order valence-corrected chi connectivity index (χ4v) is 1.72. The maximum absolute atomic E-state index is 11.2. The number of hydrogen-bond donors (Lipinski definition) is 1. The van der Waals surface area contributed by atoms with E-state index < -0.39 is 5.97 Å². The average Bonchev–Trinajstić information content (AvgIpc) is 2.90. The second kappa shape index (κ2) is 6.09. The summed E-state index contributed by atoms with van der Waals surface area (Å²) in [5, 5.41) is 11.0. The van der Waals surface area contributed by atoms with E-state index in [4.69, 9.17) is 0 Å². The van der Waals surface area contributed by atoms with Gasteiger partial charge in [-0.25, -0.2) is 14.8 Å². The standard InChI is InChI=1S/C12H16N6O2/c1-8(10-17-16-7-18(10)2)4-13-12-14-5-9(6-15-12)11(19)20-3/h5-8H,4H2,1-3H3,(H,13,14,15)/t8-/m0/s1. The third-order valence-corrected chi connectivity index (χ3v) is 2.83. The molecule has 0 aromatic carbocycles. The van der Waals surface area contributed by atoms with Gasteiger partial charge in [0.2, 0.25) is 5.95 Å². The van der Waals surface area contributed by atoms with Gasteiger partial charge in [0.15, 0.2) is 0 Å². The molecule has 1 atom stereocenters. The van der Waals surface area contributed by atoms with E-state index in [2.05, 4.69) is 30.2 Å². The molecule has 0 aliphatic heterocycles. The number of methoxy groups -OCH3 is 1. The molecule has 0 unspecified atom stereocenters. The number of nitrogens with zero attached hydrogens (tertiary/aromatic N) is 5. The molecule has 0 aliphatic rings. The van der Waals surface area contributed by atoms with Crippen LogP contribution in [0.5, 0.6) is 0 Å². The van der Waals surface area contributed by atoms with Gasteiger partial charge < -0.3 is 14.6 Å².